The molecule has 2 heterocycles. The summed E-state index contributed by atoms with van der Waals surface area (Å²) >= 11 is 0. The number of carbonyl (C=O) groups is 1. The number of likely N-dealkylation sites (tertiary alicyclic amines) is 1. The minimum atomic E-state index is -2.96. The van der Waals surface area contributed by atoms with E-state index < -0.39 is 30.0 Å². The normalized spacial score (nSPS) is 21.0. The van der Waals surface area contributed by atoms with Crippen LogP contribution in [-0.4, -0.2) is 52.7 Å². The van der Waals surface area contributed by atoms with E-state index in [1.165, 1.54) is 24.4 Å². The Morgan fingerprint density at radius 3 is 2.57 bits per heavy atom. The summed E-state index contributed by atoms with van der Waals surface area (Å²) in [6, 6.07) is 0. The summed E-state index contributed by atoms with van der Waals surface area (Å²) in [7, 11) is 1.42. The first-order valence-corrected chi connectivity index (χ1v) is 7.34. The van der Waals surface area contributed by atoms with Crippen LogP contribution in [-0.2, 0) is 4.74 Å². The second kappa shape index (κ2) is 6.25. The highest BCUT2D eigenvalue weighted by molar-refractivity contribution is 5.68. The molecule has 23 heavy (non-hydrogen) atoms. The van der Waals surface area contributed by atoms with E-state index in [4.69, 9.17) is 9.47 Å². The van der Waals surface area contributed by atoms with E-state index in [9.17, 15) is 13.6 Å². The number of amides is 1. The Balaban J connectivity index is 2.17. The summed E-state index contributed by atoms with van der Waals surface area (Å²) in [5.74, 6) is -3.93. The average molecular weight is 329 g/mol. The molecule has 1 unspecified atom stereocenters. The molecule has 1 aromatic rings. The average Bonchev–Trinajstić information content (AvgIpc) is 2.45. The van der Waals surface area contributed by atoms with E-state index in [-0.39, 0.29) is 24.7 Å². The van der Waals surface area contributed by atoms with Crippen molar-refractivity contribution in [1.82, 2.24) is 14.9 Å². The number of hydrogen-bond donors (Lipinski definition) is 0. The molecule has 1 amide bonds. The van der Waals surface area contributed by atoms with E-state index in [0.29, 0.717) is 0 Å². The molecule has 0 saturated carbocycles. The minimum absolute atomic E-state index is 0.0536. The summed E-state index contributed by atoms with van der Waals surface area (Å²) in [6.45, 7) is 4.98. The van der Waals surface area contributed by atoms with E-state index >= 15 is 0 Å². The van der Waals surface area contributed by atoms with Crippen LogP contribution in [0.15, 0.2) is 12.4 Å². The van der Waals surface area contributed by atoms with Gasteiger partial charge in [-0.05, 0) is 20.8 Å². The Labute approximate surface area is 133 Å². The highest BCUT2D eigenvalue weighted by atomic mass is 19.3. The quantitative estimate of drug-likeness (QED) is 0.835. The lowest BCUT2D eigenvalue weighted by Gasteiger charge is -2.38. The fourth-order valence-electron chi connectivity index (χ4n) is 2.32. The fraction of sp³-hybridized carbons (Fsp3) is 0.667. The summed E-state index contributed by atoms with van der Waals surface area (Å²) in [6.07, 6.45) is 1.51. The van der Waals surface area contributed by atoms with Crippen LogP contribution in [0.3, 0.4) is 0 Å². The monoisotopic (exact) mass is 329 g/mol. The molecule has 1 aromatic heterocycles. The zero-order valence-electron chi connectivity index (χ0n) is 13.7. The highest BCUT2D eigenvalue weighted by Gasteiger charge is 2.47. The molecular weight excluding hydrogens is 308 g/mol. The second-order valence-corrected chi connectivity index (χ2v) is 6.47. The van der Waals surface area contributed by atoms with Crippen molar-refractivity contribution in [2.75, 3.05) is 20.2 Å². The molecule has 0 bridgehead atoms. The van der Waals surface area contributed by atoms with Crippen LogP contribution in [0.1, 0.15) is 38.8 Å². The number of rotatable bonds is 2. The third-order valence-electron chi connectivity index (χ3n) is 3.49. The maximum absolute atomic E-state index is 14.2. The predicted octanol–water partition coefficient (Wildman–Crippen LogP) is 2.84. The van der Waals surface area contributed by atoms with Gasteiger partial charge in [0.05, 0.1) is 31.1 Å². The van der Waals surface area contributed by atoms with Gasteiger partial charge in [0.1, 0.15) is 5.60 Å². The Morgan fingerprint density at radius 2 is 2.04 bits per heavy atom. The van der Waals surface area contributed by atoms with E-state index in [1.54, 1.807) is 20.8 Å². The fourth-order valence-corrected chi connectivity index (χ4v) is 2.32. The lowest BCUT2D eigenvalue weighted by atomic mass is 9.91. The van der Waals surface area contributed by atoms with Crippen LogP contribution in [0.25, 0.3) is 0 Å². The number of piperidine rings is 1. The zero-order chi connectivity index (χ0) is 17.3. The number of nitrogens with zero attached hydrogens (tertiary/aromatic N) is 3. The van der Waals surface area contributed by atoms with Crippen molar-refractivity contribution in [2.24, 2.45) is 0 Å². The summed E-state index contributed by atoms with van der Waals surface area (Å²) in [4.78, 5) is 21.3. The molecule has 2 rings (SSSR count). The molecule has 0 aliphatic carbocycles. The molecule has 1 saturated heterocycles. The van der Waals surface area contributed by atoms with Gasteiger partial charge in [-0.2, -0.15) is 0 Å². The van der Waals surface area contributed by atoms with Crippen molar-refractivity contribution >= 4 is 6.09 Å². The molecule has 0 N–H and O–H groups in total. The van der Waals surface area contributed by atoms with E-state index in [1.807, 2.05) is 0 Å². The van der Waals surface area contributed by atoms with Gasteiger partial charge in [-0.1, -0.05) is 0 Å². The Hall–Kier alpha value is -1.99. The smallest absolute Gasteiger partial charge is 0.410 e. The van der Waals surface area contributed by atoms with Crippen LogP contribution in [0.2, 0.25) is 0 Å². The van der Waals surface area contributed by atoms with E-state index in [0.717, 1.165) is 0 Å². The van der Waals surface area contributed by atoms with Gasteiger partial charge in [0.25, 0.3) is 5.92 Å². The van der Waals surface area contributed by atoms with Gasteiger partial charge in [0.2, 0.25) is 5.88 Å². The molecule has 0 aromatic carbocycles. The summed E-state index contributed by atoms with van der Waals surface area (Å²) < 4.78 is 38.6. The summed E-state index contributed by atoms with van der Waals surface area (Å²) in [5, 5.41) is 0. The maximum atomic E-state index is 14.2. The lowest BCUT2D eigenvalue weighted by Crippen LogP contribution is -2.49. The number of carbonyl (C=O) groups excluding carboxylic acids is 1. The molecule has 1 aliphatic rings. The van der Waals surface area contributed by atoms with Crippen LogP contribution in [0, 0.1) is 0 Å². The second-order valence-electron chi connectivity index (χ2n) is 6.47. The largest absolute Gasteiger partial charge is 0.480 e. The zero-order valence-corrected chi connectivity index (χ0v) is 13.7. The topological polar surface area (TPSA) is 64.5 Å². The molecule has 1 atom stereocenters. The summed E-state index contributed by atoms with van der Waals surface area (Å²) in [5.41, 5.74) is -0.545. The van der Waals surface area contributed by atoms with Crippen molar-refractivity contribution in [2.45, 2.75) is 44.6 Å². The van der Waals surface area contributed by atoms with Crippen molar-refractivity contribution < 1.29 is 23.0 Å². The number of ether oxygens (including phenoxy) is 2. The van der Waals surface area contributed by atoms with Gasteiger partial charge >= 0.3 is 6.09 Å². The van der Waals surface area contributed by atoms with Crippen molar-refractivity contribution in [1.29, 1.82) is 0 Å². The first-order valence-electron chi connectivity index (χ1n) is 7.34. The van der Waals surface area contributed by atoms with Crippen LogP contribution in [0.4, 0.5) is 13.6 Å². The predicted molar refractivity (Wildman–Crippen MR) is 78.7 cm³/mol. The molecule has 1 fully saturated rings. The minimum Gasteiger partial charge on any atom is -0.480 e. The molecule has 8 heteroatoms. The van der Waals surface area contributed by atoms with Gasteiger partial charge in [-0.15, -0.1) is 0 Å². The van der Waals surface area contributed by atoms with Crippen LogP contribution in [0.5, 0.6) is 5.88 Å². The maximum Gasteiger partial charge on any atom is 0.410 e. The Morgan fingerprint density at radius 1 is 1.35 bits per heavy atom. The van der Waals surface area contributed by atoms with Gasteiger partial charge in [0.15, 0.2) is 0 Å². The number of methoxy groups -OCH3 is 1. The van der Waals surface area contributed by atoms with Crippen molar-refractivity contribution in [3.8, 4) is 5.88 Å². The number of aromatic nitrogens is 2. The molecule has 6 nitrogen and oxygen atoms in total. The SMILES string of the molecule is COc1cnc(C2CN(C(=O)OC(C)(C)C)CCC2(F)F)cn1. The number of alkyl halides is 2. The molecular formula is C15H21F2N3O3. The van der Waals surface area contributed by atoms with Crippen LogP contribution < -0.4 is 4.74 Å². The first kappa shape index (κ1) is 17.4. The van der Waals surface area contributed by atoms with Gasteiger partial charge in [-0.3, -0.25) is 4.98 Å². The van der Waals surface area contributed by atoms with E-state index in [2.05, 4.69) is 9.97 Å². The number of halogens is 2. The standard InChI is InChI=1S/C15H21F2N3O3/c1-14(2,3)23-13(21)20-6-5-15(16,17)10(9-20)11-7-19-12(22-4)8-18-11/h7-8,10H,5-6,9H2,1-4H3. The van der Waals surface area contributed by atoms with Gasteiger partial charge in [0, 0.05) is 19.5 Å². The molecule has 0 spiro atoms. The lowest BCUT2D eigenvalue weighted by molar-refractivity contribution is -0.0782. The number of hydrogen-bond acceptors (Lipinski definition) is 5. The Kier molecular flexibility index (Phi) is 4.72. The van der Waals surface area contributed by atoms with Crippen molar-refractivity contribution in [3.05, 3.63) is 18.1 Å². The molecule has 0 radical (unpaired) electrons. The third kappa shape index (κ3) is 4.27. The van der Waals surface area contributed by atoms with Crippen molar-refractivity contribution in [3.63, 3.8) is 0 Å². The molecule has 128 valence electrons. The third-order valence-corrected chi connectivity index (χ3v) is 3.49. The Bertz CT molecular complexity index is 558. The highest BCUT2D eigenvalue weighted by Crippen LogP contribution is 2.39. The first-order chi connectivity index (χ1) is 10.6. The van der Waals surface area contributed by atoms with Gasteiger partial charge < -0.3 is 14.4 Å². The molecule has 1 aliphatic heterocycles. The van der Waals surface area contributed by atoms with Gasteiger partial charge in [-0.25, -0.2) is 18.6 Å². The van der Waals surface area contributed by atoms with Crippen LogP contribution >= 0.6 is 0 Å².